The number of nitrogens with one attached hydrogen (secondary N) is 2. The van der Waals surface area contributed by atoms with Gasteiger partial charge in [-0.05, 0) is 48.6 Å². The van der Waals surface area contributed by atoms with E-state index in [1.807, 2.05) is 0 Å². The number of nitrogen functional groups attached to an aromatic ring is 1. The Balaban J connectivity index is 1.56. The van der Waals surface area contributed by atoms with Crippen LogP contribution in [0.5, 0.6) is 0 Å². The minimum atomic E-state index is -4.59. The highest BCUT2D eigenvalue weighted by molar-refractivity contribution is 7.80. The van der Waals surface area contributed by atoms with E-state index in [9.17, 15) is 13.2 Å². The van der Waals surface area contributed by atoms with E-state index in [1.165, 1.54) is 18.3 Å². The molecule has 4 aromatic rings. The SMILES string of the molecule is Nc1cccc(C(F)(F)F)c1NC(=S)Nc1cc(-c2nc3ncccc3o2)ccn1. The number of hydrogen-bond acceptors (Lipinski definition) is 6. The number of alkyl halides is 3. The Kier molecular flexibility index (Phi) is 4.96. The lowest BCUT2D eigenvalue weighted by Crippen LogP contribution is -2.23. The summed E-state index contributed by atoms with van der Waals surface area (Å²) < 4.78 is 45.4. The molecule has 152 valence electrons. The largest absolute Gasteiger partial charge is 0.434 e. The molecule has 0 aliphatic rings. The molecule has 0 aliphatic heterocycles. The fraction of sp³-hybridized carbons (Fsp3) is 0.0526. The number of nitrogens with zero attached hydrogens (tertiary/aromatic N) is 3. The van der Waals surface area contributed by atoms with E-state index < -0.39 is 11.7 Å². The normalized spacial score (nSPS) is 11.4. The van der Waals surface area contributed by atoms with Crippen molar-refractivity contribution in [3.05, 3.63) is 60.4 Å². The van der Waals surface area contributed by atoms with Crippen molar-refractivity contribution in [3.63, 3.8) is 0 Å². The van der Waals surface area contributed by atoms with Crippen LogP contribution in [-0.4, -0.2) is 20.1 Å². The Labute approximate surface area is 173 Å². The van der Waals surface area contributed by atoms with Crippen LogP contribution in [0, 0.1) is 0 Å². The molecule has 30 heavy (non-hydrogen) atoms. The van der Waals surface area contributed by atoms with Gasteiger partial charge in [0.1, 0.15) is 5.82 Å². The summed E-state index contributed by atoms with van der Waals surface area (Å²) in [5, 5.41) is 5.13. The lowest BCUT2D eigenvalue weighted by atomic mass is 10.1. The van der Waals surface area contributed by atoms with Gasteiger partial charge in [0.15, 0.2) is 16.3 Å². The quantitative estimate of drug-likeness (QED) is 0.318. The number of anilines is 3. The number of fused-ring (bicyclic) bond motifs is 1. The van der Waals surface area contributed by atoms with Gasteiger partial charge in [-0.1, -0.05) is 6.07 Å². The molecule has 3 aromatic heterocycles. The number of thiocarbonyl (C=S) groups is 1. The zero-order chi connectivity index (χ0) is 21.3. The summed E-state index contributed by atoms with van der Waals surface area (Å²) in [5.74, 6) is 0.600. The number of rotatable bonds is 3. The number of benzene rings is 1. The first-order valence-electron chi connectivity index (χ1n) is 8.53. The molecule has 0 unspecified atom stereocenters. The van der Waals surface area contributed by atoms with E-state index in [4.69, 9.17) is 22.4 Å². The third-order valence-corrected chi connectivity index (χ3v) is 4.26. The molecule has 0 bridgehead atoms. The summed E-state index contributed by atoms with van der Waals surface area (Å²) in [6.07, 6.45) is -1.50. The van der Waals surface area contributed by atoms with Crippen LogP contribution < -0.4 is 16.4 Å². The van der Waals surface area contributed by atoms with Gasteiger partial charge in [-0.25, -0.2) is 9.97 Å². The van der Waals surface area contributed by atoms with E-state index in [1.54, 1.807) is 30.5 Å². The lowest BCUT2D eigenvalue weighted by Gasteiger charge is -2.17. The number of halogens is 3. The lowest BCUT2D eigenvalue weighted by molar-refractivity contribution is -0.136. The van der Waals surface area contributed by atoms with Crippen LogP contribution in [0.4, 0.5) is 30.4 Å². The fourth-order valence-corrected chi connectivity index (χ4v) is 2.94. The van der Waals surface area contributed by atoms with Crippen molar-refractivity contribution >= 4 is 45.8 Å². The van der Waals surface area contributed by atoms with E-state index in [0.717, 1.165) is 6.07 Å². The maximum absolute atomic E-state index is 13.2. The van der Waals surface area contributed by atoms with Gasteiger partial charge in [0.25, 0.3) is 0 Å². The molecule has 0 saturated carbocycles. The third kappa shape index (κ3) is 4.01. The minimum absolute atomic E-state index is 0.0883. The summed E-state index contributed by atoms with van der Waals surface area (Å²) in [6.45, 7) is 0. The molecule has 1 aromatic carbocycles. The smallest absolute Gasteiger partial charge is 0.418 e. The van der Waals surface area contributed by atoms with Gasteiger partial charge in [0.05, 0.1) is 16.9 Å². The Hall–Kier alpha value is -3.73. The van der Waals surface area contributed by atoms with Crippen molar-refractivity contribution in [2.45, 2.75) is 6.18 Å². The van der Waals surface area contributed by atoms with Gasteiger partial charge in [-0.15, -0.1) is 0 Å². The molecule has 0 amide bonds. The van der Waals surface area contributed by atoms with Crippen LogP contribution in [-0.2, 0) is 6.18 Å². The Morgan fingerprint density at radius 1 is 1.03 bits per heavy atom. The second-order valence-electron chi connectivity index (χ2n) is 6.12. The van der Waals surface area contributed by atoms with Crippen molar-refractivity contribution in [3.8, 4) is 11.5 Å². The molecule has 0 atom stereocenters. The molecular formula is C19H13F3N6OS. The molecule has 4 rings (SSSR count). The fourth-order valence-electron chi connectivity index (χ4n) is 2.73. The summed E-state index contributed by atoms with van der Waals surface area (Å²) in [5.41, 5.74) is 5.93. The van der Waals surface area contributed by atoms with Gasteiger partial charge in [-0.3, -0.25) is 0 Å². The van der Waals surface area contributed by atoms with Crippen LogP contribution in [0.25, 0.3) is 22.7 Å². The molecule has 7 nitrogen and oxygen atoms in total. The molecule has 0 saturated heterocycles. The van der Waals surface area contributed by atoms with E-state index >= 15 is 0 Å². The molecule has 0 spiro atoms. The average molecular weight is 430 g/mol. The maximum Gasteiger partial charge on any atom is 0.418 e. The van der Waals surface area contributed by atoms with E-state index in [2.05, 4.69) is 25.6 Å². The van der Waals surface area contributed by atoms with Crippen LogP contribution >= 0.6 is 12.2 Å². The van der Waals surface area contributed by atoms with E-state index in [0.29, 0.717) is 22.7 Å². The third-order valence-electron chi connectivity index (χ3n) is 4.05. The molecule has 0 aliphatic carbocycles. The first-order valence-corrected chi connectivity index (χ1v) is 8.94. The predicted octanol–water partition coefficient (Wildman–Crippen LogP) is 4.69. The molecule has 4 N–H and O–H groups in total. The highest BCUT2D eigenvalue weighted by Gasteiger charge is 2.34. The standard InChI is InChI=1S/C19H13F3N6OS/c20-19(21,22)11-3-1-4-12(23)15(11)27-18(30)26-14-9-10(6-8-24-14)17-28-16-13(29-17)5-2-7-25-16/h1-9H,23H2,(H2,24,26,27,30). The summed E-state index contributed by atoms with van der Waals surface area (Å²) in [6, 6.07) is 10.2. The summed E-state index contributed by atoms with van der Waals surface area (Å²) in [7, 11) is 0. The number of nitrogens with two attached hydrogens (primary N) is 1. The summed E-state index contributed by atoms with van der Waals surface area (Å²) in [4.78, 5) is 12.5. The number of oxazole rings is 1. The van der Waals surface area contributed by atoms with Crippen molar-refractivity contribution < 1.29 is 17.6 Å². The van der Waals surface area contributed by atoms with Crippen molar-refractivity contribution in [1.82, 2.24) is 15.0 Å². The van der Waals surface area contributed by atoms with Crippen molar-refractivity contribution in [2.24, 2.45) is 0 Å². The van der Waals surface area contributed by atoms with Gasteiger partial charge in [0, 0.05) is 18.0 Å². The molecule has 0 radical (unpaired) electrons. The second-order valence-corrected chi connectivity index (χ2v) is 6.53. The Morgan fingerprint density at radius 2 is 1.87 bits per heavy atom. The molecule has 0 fully saturated rings. The highest BCUT2D eigenvalue weighted by Crippen LogP contribution is 2.37. The Bertz CT molecular complexity index is 1210. The van der Waals surface area contributed by atoms with Gasteiger partial charge in [0.2, 0.25) is 5.89 Å². The minimum Gasteiger partial charge on any atom is -0.434 e. The van der Waals surface area contributed by atoms with Gasteiger partial charge >= 0.3 is 6.18 Å². The van der Waals surface area contributed by atoms with Crippen LogP contribution in [0.3, 0.4) is 0 Å². The molecule has 11 heteroatoms. The number of hydrogen-bond donors (Lipinski definition) is 3. The molecular weight excluding hydrogens is 417 g/mol. The van der Waals surface area contributed by atoms with Crippen LogP contribution in [0.2, 0.25) is 0 Å². The van der Waals surface area contributed by atoms with Crippen molar-refractivity contribution in [1.29, 1.82) is 0 Å². The van der Waals surface area contributed by atoms with Crippen LogP contribution in [0.1, 0.15) is 5.56 Å². The van der Waals surface area contributed by atoms with Gasteiger partial charge in [-0.2, -0.15) is 18.2 Å². The first kappa shape index (κ1) is 19.6. The van der Waals surface area contributed by atoms with E-state index in [-0.39, 0.29) is 22.3 Å². The second kappa shape index (κ2) is 7.59. The maximum atomic E-state index is 13.2. The highest BCUT2D eigenvalue weighted by atomic mass is 32.1. The number of aromatic nitrogens is 3. The zero-order valence-electron chi connectivity index (χ0n) is 15.1. The molecule has 3 heterocycles. The number of pyridine rings is 2. The topological polar surface area (TPSA) is 102 Å². The van der Waals surface area contributed by atoms with Crippen LogP contribution in [0.15, 0.2) is 59.3 Å². The number of para-hydroxylation sites is 1. The zero-order valence-corrected chi connectivity index (χ0v) is 15.9. The first-order chi connectivity index (χ1) is 14.3. The predicted molar refractivity (Wildman–Crippen MR) is 111 cm³/mol. The van der Waals surface area contributed by atoms with Crippen molar-refractivity contribution in [2.75, 3.05) is 16.4 Å². The average Bonchev–Trinajstić information content (AvgIpc) is 3.13. The monoisotopic (exact) mass is 430 g/mol. The summed E-state index contributed by atoms with van der Waals surface area (Å²) >= 11 is 5.14. The Morgan fingerprint density at radius 3 is 2.63 bits per heavy atom. The van der Waals surface area contributed by atoms with Gasteiger partial charge < -0.3 is 20.8 Å².